The molecule has 0 radical (unpaired) electrons. The molecule has 3 aromatic rings. The molecule has 3 heterocycles. The van der Waals surface area contributed by atoms with Gasteiger partial charge in [0.15, 0.2) is 11.4 Å². The summed E-state index contributed by atoms with van der Waals surface area (Å²) in [5, 5.41) is 0. The predicted octanol–water partition coefficient (Wildman–Crippen LogP) is 4.67. The fourth-order valence-corrected chi connectivity index (χ4v) is 6.63. The van der Waals surface area contributed by atoms with Crippen molar-refractivity contribution in [1.29, 1.82) is 0 Å². The molecule has 1 aliphatic carbocycles. The highest BCUT2D eigenvalue weighted by Gasteiger charge is 2.37. The number of aromatic amines is 1. The Morgan fingerprint density at radius 1 is 1.07 bits per heavy atom. The zero-order chi connectivity index (χ0) is 29.4. The minimum atomic E-state index is -4.02. The van der Waals surface area contributed by atoms with Crippen LogP contribution in [0.2, 0.25) is 0 Å². The van der Waals surface area contributed by atoms with E-state index in [4.69, 9.17) is 9.72 Å². The monoisotopic (exact) mass is 582 g/mol. The molecular formula is C29H38N6O5S. The van der Waals surface area contributed by atoms with E-state index in [1.807, 2.05) is 29.0 Å². The van der Waals surface area contributed by atoms with Crippen LogP contribution >= 0.6 is 0 Å². The fraction of sp³-hybridized carbons (Fsp3) is 0.517. The topological polar surface area (TPSA) is 138 Å². The summed E-state index contributed by atoms with van der Waals surface area (Å²) < 4.78 is 33.7. The summed E-state index contributed by atoms with van der Waals surface area (Å²) in [6.45, 7) is 8.38. The van der Waals surface area contributed by atoms with Gasteiger partial charge in [0.1, 0.15) is 11.1 Å². The molecule has 1 amide bonds. The highest BCUT2D eigenvalue weighted by atomic mass is 32.2. The van der Waals surface area contributed by atoms with Crippen LogP contribution in [0, 0.1) is 5.41 Å². The Kier molecular flexibility index (Phi) is 7.82. The molecule has 0 unspecified atom stereocenters. The van der Waals surface area contributed by atoms with Gasteiger partial charge in [0.2, 0.25) is 0 Å². The maximum absolute atomic E-state index is 13.6. The van der Waals surface area contributed by atoms with Crippen LogP contribution in [0.15, 0.2) is 36.7 Å². The maximum atomic E-state index is 13.6. The summed E-state index contributed by atoms with van der Waals surface area (Å²) in [6.07, 6.45) is 7.51. The molecule has 1 saturated carbocycles. The summed E-state index contributed by atoms with van der Waals surface area (Å²) in [5.41, 5.74) is 3.01. The number of benzene rings is 1. The Morgan fingerprint density at radius 2 is 1.78 bits per heavy atom. The van der Waals surface area contributed by atoms with Crippen molar-refractivity contribution in [2.75, 3.05) is 31.1 Å². The van der Waals surface area contributed by atoms with Crippen LogP contribution in [0.5, 0.6) is 0 Å². The van der Waals surface area contributed by atoms with Crippen molar-refractivity contribution >= 4 is 38.9 Å². The van der Waals surface area contributed by atoms with Crippen molar-refractivity contribution in [2.24, 2.45) is 5.41 Å². The van der Waals surface area contributed by atoms with Gasteiger partial charge in [-0.25, -0.2) is 19.5 Å². The lowest BCUT2D eigenvalue weighted by Gasteiger charge is -2.35. The lowest BCUT2D eigenvalue weighted by atomic mass is 9.71. The third-order valence-corrected chi connectivity index (χ3v) is 9.30. The quantitative estimate of drug-likeness (QED) is 0.400. The number of nitrogens with one attached hydrogen (secondary N) is 2. The lowest BCUT2D eigenvalue weighted by Crippen LogP contribution is -2.53. The molecular weight excluding hydrogens is 544 g/mol. The smallest absolute Gasteiger partial charge is 0.422 e. The third kappa shape index (κ3) is 6.38. The van der Waals surface area contributed by atoms with Crippen LogP contribution in [-0.4, -0.2) is 71.3 Å². The van der Waals surface area contributed by atoms with E-state index in [0.29, 0.717) is 35.5 Å². The molecule has 1 aromatic carbocycles. The highest BCUT2D eigenvalue weighted by molar-refractivity contribution is 7.87. The van der Waals surface area contributed by atoms with E-state index in [1.54, 1.807) is 33.2 Å². The van der Waals surface area contributed by atoms with Gasteiger partial charge < -0.3 is 14.6 Å². The second kappa shape index (κ2) is 11.1. The zero-order valence-corrected chi connectivity index (χ0v) is 24.9. The number of hydrogen-bond donors (Lipinski definition) is 2. The van der Waals surface area contributed by atoms with Crippen molar-refractivity contribution in [2.45, 2.75) is 65.4 Å². The second-order valence-electron chi connectivity index (χ2n) is 12.2. The number of H-pyrrole nitrogens is 1. The molecule has 220 valence electrons. The van der Waals surface area contributed by atoms with Crippen LogP contribution in [0.3, 0.4) is 0 Å². The molecule has 2 N–H and O–H groups in total. The first-order valence-corrected chi connectivity index (χ1v) is 15.5. The molecule has 12 heteroatoms. The van der Waals surface area contributed by atoms with Crippen molar-refractivity contribution < 1.29 is 22.7 Å². The van der Waals surface area contributed by atoms with Crippen LogP contribution < -0.4 is 9.62 Å². The van der Waals surface area contributed by atoms with Crippen LogP contribution in [-0.2, 0) is 14.9 Å². The number of aromatic nitrogens is 3. The number of Topliss-reactive ketones (excluding diaryl/α,β-unsaturated/α-hetero) is 1. The van der Waals surface area contributed by atoms with E-state index in [-0.39, 0.29) is 24.3 Å². The standard InChI is InChI=1S/C29H38N6O5S/c1-28(2,3)40-27(37)33-41(38,39)35-15-13-34(14-16-35)21-10-8-9-20(17-21)23-19-31-26-24(32-23)22(18-30-26)25(36)29(4)11-6-5-7-12-29/h8-10,17-19H,5-7,11-16H2,1-4H3,(H,30,31)(H,33,37). The number of carbonyl (C=O) groups excluding carboxylic acids is 2. The van der Waals surface area contributed by atoms with E-state index >= 15 is 0 Å². The van der Waals surface area contributed by atoms with E-state index in [1.165, 1.54) is 10.7 Å². The van der Waals surface area contributed by atoms with E-state index < -0.39 is 21.9 Å². The summed E-state index contributed by atoms with van der Waals surface area (Å²) in [5.74, 6) is 0.123. The molecule has 41 heavy (non-hydrogen) atoms. The summed E-state index contributed by atoms with van der Waals surface area (Å²) >= 11 is 0. The lowest BCUT2D eigenvalue weighted by molar-refractivity contribution is 0.0566. The number of ketones is 1. The van der Waals surface area contributed by atoms with Crippen molar-refractivity contribution in [3.63, 3.8) is 0 Å². The number of piperazine rings is 1. The number of hydrogen-bond acceptors (Lipinski definition) is 8. The average molecular weight is 583 g/mol. The molecule has 11 nitrogen and oxygen atoms in total. The first-order chi connectivity index (χ1) is 19.3. The van der Waals surface area contributed by atoms with Gasteiger partial charge in [0.05, 0.1) is 17.5 Å². The Hall–Kier alpha value is -3.51. The molecule has 0 bridgehead atoms. The molecule has 5 rings (SSSR count). The first kappa shape index (κ1) is 29.0. The Balaban J connectivity index is 1.30. The molecule has 0 spiro atoms. The SMILES string of the molecule is CC(C)(C)OC(=O)NS(=O)(=O)N1CCN(c2cccc(-c3cnc4[nH]cc(C(=O)C5(C)CCCCC5)c4n3)c2)CC1. The fourth-order valence-electron chi connectivity index (χ4n) is 5.61. The van der Waals surface area contributed by atoms with E-state index in [0.717, 1.165) is 36.9 Å². The first-order valence-electron chi connectivity index (χ1n) is 14.1. The number of amides is 1. The number of fused-ring (bicyclic) bond motifs is 1. The summed E-state index contributed by atoms with van der Waals surface area (Å²) in [6, 6.07) is 7.83. The minimum Gasteiger partial charge on any atom is -0.443 e. The molecule has 0 atom stereocenters. The van der Waals surface area contributed by atoms with Gasteiger partial charge in [-0.1, -0.05) is 38.3 Å². The van der Waals surface area contributed by atoms with Gasteiger partial charge in [0, 0.05) is 49.0 Å². The van der Waals surface area contributed by atoms with Gasteiger partial charge in [-0.3, -0.25) is 4.79 Å². The van der Waals surface area contributed by atoms with E-state index in [2.05, 4.69) is 21.8 Å². The Bertz CT molecular complexity index is 1550. The number of anilines is 1. The third-order valence-electron chi connectivity index (χ3n) is 7.83. The highest BCUT2D eigenvalue weighted by Crippen LogP contribution is 2.39. The van der Waals surface area contributed by atoms with Crippen LogP contribution in [0.25, 0.3) is 22.4 Å². The van der Waals surface area contributed by atoms with Gasteiger partial charge >= 0.3 is 16.3 Å². The van der Waals surface area contributed by atoms with Crippen molar-refractivity contribution in [1.82, 2.24) is 24.0 Å². The molecule has 1 aliphatic heterocycles. The van der Waals surface area contributed by atoms with Gasteiger partial charge in [0.25, 0.3) is 0 Å². The van der Waals surface area contributed by atoms with Crippen molar-refractivity contribution in [3.8, 4) is 11.3 Å². The Labute approximate surface area is 240 Å². The van der Waals surface area contributed by atoms with Gasteiger partial charge in [-0.15, -0.1) is 0 Å². The molecule has 2 aromatic heterocycles. The minimum absolute atomic E-state index is 0.123. The maximum Gasteiger partial charge on any atom is 0.422 e. The second-order valence-corrected chi connectivity index (χ2v) is 13.8. The zero-order valence-electron chi connectivity index (χ0n) is 24.1. The normalized spacial score (nSPS) is 18.3. The van der Waals surface area contributed by atoms with Gasteiger partial charge in [-0.2, -0.15) is 12.7 Å². The number of rotatable bonds is 6. The van der Waals surface area contributed by atoms with Gasteiger partial charge in [-0.05, 0) is 45.7 Å². The Morgan fingerprint density at radius 3 is 2.46 bits per heavy atom. The largest absolute Gasteiger partial charge is 0.443 e. The number of ether oxygens (including phenoxy) is 1. The van der Waals surface area contributed by atoms with Crippen LogP contribution in [0.4, 0.5) is 10.5 Å². The number of carbonyl (C=O) groups is 2. The van der Waals surface area contributed by atoms with Crippen molar-refractivity contribution in [3.05, 3.63) is 42.2 Å². The predicted molar refractivity (Wildman–Crippen MR) is 157 cm³/mol. The van der Waals surface area contributed by atoms with Crippen LogP contribution in [0.1, 0.15) is 70.2 Å². The molecule has 2 fully saturated rings. The molecule has 2 aliphatic rings. The molecule has 1 saturated heterocycles. The summed E-state index contributed by atoms with van der Waals surface area (Å²) in [7, 11) is -4.02. The number of nitrogens with zero attached hydrogens (tertiary/aromatic N) is 4. The van der Waals surface area contributed by atoms with E-state index in [9.17, 15) is 18.0 Å². The average Bonchev–Trinajstić information content (AvgIpc) is 3.35. The summed E-state index contributed by atoms with van der Waals surface area (Å²) in [4.78, 5) is 40.2.